The van der Waals surface area contributed by atoms with E-state index in [4.69, 9.17) is 32.7 Å². The van der Waals surface area contributed by atoms with Crippen molar-refractivity contribution in [1.29, 1.82) is 0 Å². The zero-order valence-corrected chi connectivity index (χ0v) is 24.3. The minimum atomic E-state index is -3.81. The van der Waals surface area contributed by atoms with Crippen molar-refractivity contribution in [2.75, 3.05) is 26.8 Å². The quantitative estimate of drug-likeness (QED) is 0.252. The molecule has 3 N–H and O–H groups in total. The molecular weight excluding hydrogens is 561 g/mol. The largest absolute Gasteiger partial charge is 0.497 e. The molecule has 1 heterocycles. The second-order valence-electron chi connectivity index (χ2n) is 9.54. The number of rotatable bonds is 12. The standard InChI is InChI=1S/C25H35Cl2N3O5S.ClH/c1-25(2,15-18-6-8-20(34-3)9-7-18)28-16-19(31)17-35-21-10-12-22(13-11-21)36(32,33)29-30-14-4-5-23(26)24(30)27;/h6-13,19,23-24,28-29,31H,4-5,14-17H2,1-3H3;1H/t19-,23?,24?;/m1./s1. The molecule has 3 rings (SSSR count). The van der Waals surface area contributed by atoms with E-state index in [1.54, 1.807) is 19.2 Å². The van der Waals surface area contributed by atoms with E-state index in [2.05, 4.69) is 24.0 Å². The van der Waals surface area contributed by atoms with Crippen molar-refractivity contribution in [1.82, 2.24) is 15.2 Å². The molecule has 12 heteroatoms. The fourth-order valence-electron chi connectivity index (χ4n) is 3.89. The molecule has 1 aliphatic heterocycles. The summed E-state index contributed by atoms with van der Waals surface area (Å²) in [5.74, 6) is 1.27. The number of nitrogens with zero attached hydrogens (tertiary/aromatic N) is 1. The SMILES string of the molecule is COc1ccc(CC(C)(C)NC[C@@H](O)COc2ccc(S(=O)(=O)NN3CCCC(Cl)C3Cl)cc2)cc1.Cl. The van der Waals surface area contributed by atoms with Gasteiger partial charge in [-0.1, -0.05) is 12.1 Å². The van der Waals surface area contributed by atoms with Crippen LogP contribution in [0.4, 0.5) is 0 Å². The Hall–Kier alpha value is -1.30. The maximum atomic E-state index is 12.7. The van der Waals surface area contributed by atoms with Crippen molar-refractivity contribution in [2.45, 2.75) is 60.5 Å². The van der Waals surface area contributed by atoms with E-state index < -0.39 is 21.6 Å². The van der Waals surface area contributed by atoms with Crippen LogP contribution in [0.2, 0.25) is 0 Å². The van der Waals surface area contributed by atoms with Crippen LogP contribution in [0.3, 0.4) is 0 Å². The van der Waals surface area contributed by atoms with Gasteiger partial charge in [0, 0.05) is 18.6 Å². The number of hydrogen-bond acceptors (Lipinski definition) is 7. The topological polar surface area (TPSA) is 100 Å². The highest BCUT2D eigenvalue weighted by Crippen LogP contribution is 2.25. The maximum Gasteiger partial charge on any atom is 0.253 e. The number of ether oxygens (including phenoxy) is 2. The molecule has 208 valence electrons. The molecular formula is C25H36Cl3N3O5S. The first-order chi connectivity index (χ1) is 17.0. The molecule has 1 fully saturated rings. The number of halogens is 3. The molecule has 0 aliphatic carbocycles. The first kappa shape index (κ1) is 31.9. The maximum absolute atomic E-state index is 12.7. The van der Waals surface area contributed by atoms with Gasteiger partial charge in [-0.25, -0.2) is 13.4 Å². The van der Waals surface area contributed by atoms with E-state index in [0.717, 1.165) is 30.6 Å². The zero-order valence-electron chi connectivity index (χ0n) is 21.2. The van der Waals surface area contributed by atoms with Gasteiger partial charge in [-0.2, -0.15) is 0 Å². The van der Waals surface area contributed by atoms with Crippen LogP contribution in [0.1, 0.15) is 32.3 Å². The van der Waals surface area contributed by atoms with Gasteiger partial charge < -0.3 is 19.9 Å². The van der Waals surface area contributed by atoms with Crippen molar-refractivity contribution in [3.63, 3.8) is 0 Å². The van der Waals surface area contributed by atoms with E-state index >= 15 is 0 Å². The number of hydrazine groups is 1. The van der Waals surface area contributed by atoms with Gasteiger partial charge in [0.1, 0.15) is 29.7 Å². The van der Waals surface area contributed by atoms with Crippen molar-refractivity contribution < 1.29 is 23.0 Å². The van der Waals surface area contributed by atoms with Crippen molar-refractivity contribution in [3.05, 3.63) is 54.1 Å². The fourth-order valence-corrected chi connectivity index (χ4v) is 5.63. The van der Waals surface area contributed by atoms with Gasteiger partial charge in [0.2, 0.25) is 0 Å². The minimum absolute atomic E-state index is 0. The number of β-amino-alcohol motifs (C(OH)–C–C–N with tert-alkyl or cyclic N) is 1. The molecule has 0 amide bonds. The Morgan fingerprint density at radius 1 is 1.11 bits per heavy atom. The van der Waals surface area contributed by atoms with Crippen LogP contribution in [-0.4, -0.2) is 67.9 Å². The summed E-state index contributed by atoms with van der Waals surface area (Å²) in [4.78, 5) is 2.59. The first-order valence-electron chi connectivity index (χ1n) is 11.9. The molecule has 2 aromatic carbocycles. The van der Waals surface area contributed by atoms with E-state index in [1.807, 2.05) is 24.3 Å². The minimum Gasteiger partial charge on any atom is -0.497 e. The fraction of sp³-hybridized carbons (Fsp3) is 0.520. The Labute approximate surface area is 236 Å². The van der Waals surface area contributed by atoms with Crippen LogP contribution in [0, 0.1) is 0 Å². The average molecular weight is 597 g/mol. The molecule has 0 bridgehead atoms. The van der Waals surface area contributed by atoms with Crippen LogP contribution < -0.4 is 19.6 Å². The highest BCUT2D eigenvalue weighted by molar-refractivity contribution is 7.89. The van der Waals surface area contributed by atoms with Gasteiger partial charge in [0.25, 0.3) is 10.0 Å². The Morgan fingerprint density at radius 2 is 1.73 bits per heavy atom. The number of piperidine rings is 1. The summed E-state index contributed by atoms with van der Waals surface area (Å²) in [6.45, 7) is 5.04. The molecule has 3 atom stereocenters. The number of nitrogens with one attached hydrogen (secondary N) is 2. The predicted molar refractivity (Wildman–Crippen MR) is 150 cm³/mol. The van der Waals surface area contributed by atoms with Crippen LogP contribution in [-0.2, 0) is 16.4 Å². The van der Waals surface area contributed by atoms with E-state index in [-0.39, 0.29) is 34.8 Å². The van der Waals surface area contributed by atoms with Gasteiger partial charge in [-0.05, 0) is 75.1 Å². The van der Waals surface area contributed by atoms with Gasteiger partial charge in [0.15, 0.2) is 0 Å². The summed E-state index contributed by atoms with van der Waals surface area (Å²) in [5, 5.41) is 14.9. The number of alkyl halides is 2. The number of benzene rings is 2. The second kappa shape index (κ2) is 14.2. The normalized spacial score (nSPS) is 19.6. The second-order valence-corrected chi connectivity index (χ2v) is 12.2. The molecule has 8 nitrogen and oxygen atoms in total. The van der Waals surface area contributed by atoms with Crippen molar-refractivity contribution >= 4 is 45.6 Å². The highest BCUT2D eigenvalue weighted by atomic mass is 35.5. The number of aliphatic hydroxyl groups is 1. The average Bonchev–Trinajstić information content (AvgIpc) is 2.85. The third kappa shape index (κ3) is 9.75. The molecule has 2 unspecified atom stereocenters. The molecule has 0 aromatic heterocycles. The molecule has 0 radical (unpaired) electrons. The van der Waals surface area contributed by atoms with Gasteiger partial charge in [-0.3, -0.25) is 0 Å². The lowest BCUT2D eigenvalue weighted by atomic mass is 9.94. The van der Waals surface area contributed by atoms with Crippen LogP contribution in [0.15, 0.2) is 53.4 Å². The number of aliphatic hydroxyl groups excluding tert-OH is 1. The highest BCUT2D eigenvalue weighted by Gasteiger charge is 2.31. The summed E-state index contributed by atoms with van der Waals surface area (Å²) < 4.78 is 36.3. The molecule has 1 aliphatic rings. The third-order valence-corrected chi connectivity index (χ3v) is 8.40. The molecule has 0 saturated carbocycles. The van der Waals surface area contributed by atoms with Crippen LogP contribution >= 0.6 is 35.6 Å². The monoisotopic (exact) mass is 595 g/mol. The zero-order chi connectivity index (χ0) is 26.3. The molecule has 0 spiro atoms. The molecule has 37 heavy (non-hydrogen) atoms. The van der Waals surface area contributed by atoms with Gasteiger partial charge in [0.05, 0.1) is 17.4 Å². The summed E-state index contributed by atoms with van der Waals surface area (Å²) in [6, 6.07) is 13.9. The van der Waals surface area contributed by atoms with E-state index in [0.29, 0.717) is 18.8 Å². The molecule has 2 aromatic rings. The smallest absolute Gasteiger partial charge is 0.253 e. The van der Waals surface area contributed by atoms with Gasteiger partial charge in [-0.15, -0.1) is 40.4 Å². The Kier molecular flexibility index (Phi) is 12.2. The van der Waals surface area contributed by atoms with Crippen molar-refractivity contribution in [2.24, 2.45) is 0 Å². The summed E-state index contributed by atoms with van der Waals surface area (Å²) in [6.07, 6.45) is 1.53. The van der Waals surface area contributed by atoms with E-state index in [9.17, 15) is 13.5 Å². The number of methoxy groups -OCH3 is 1. The third-order valence-electron chi connectivity index (χ3n) is 5.91. The lowest BCUT2D eigenvalue weighted by Gasteiger charge is -2.34. The van der Waals surface area contributed by atoms with Crippen molar-refractivity contribution in [3.8, 4) is 11.5 Å². The Morgan fingerprint density at radius 3 is 2.35 bits per heavy atom. The van der Waals surface area contributed by atoms with E-state index in [1.165, 1.54) is 17.1 Å². The number of hydrogen-bond donors (Lipinski definition) is 3. The summed E-state index contributed by atoms with van der Waals surface area (Å²) >= 11 is 12.4. The Bertz CT molecular complexity index is 1070. The van der Waals surface area contributed by atoms with Crippen LogP contribution in [0.25, 0.3) is 0 Å². The first-order valence-corrected chi connectivity index (χ1v) is 14.2. The van der Waals surface area contributed by atoms with Crippen LogP contribution in [0.5, 0.6) is 11.5 Å². The molecule has 1 saturated heterocycles. The summed E-state index contributed by atoms with van der Waals surface area (Å²) in [5.41, 5.74) is 0.306. The van der Waals surface area contributed by atoms with Gasteiger partial charge >= 0.3 is 0 Å². The number of sulfonamides is 1. The summed E-state index contributed by atoms with van der Waals surface area (Å²) in [7, 11) is -2.17. The lowest BCUT2D eigenvalue weighted by Crippen LogP contribution is -2.52. The Balaban J connectivity index is 0.00000481. The lowest BCUT2D eigenvalue weighted by molar-refractivity contribution is 0.0988. The predicted octanol–water partition coefficient (Wildman–Crippen LogP) is 3.93.